The molecule has 4 heteroatoms. The van der Waals surface area contributed by atoms with Crippen LogP contribution < -0.4 is 11.5 Å². The van der Waals surface area contributed by atoms with Crippen LogP contribution in [0, 0.1) is 6.92 Å². The smallest absolute Gasteiger partial charge is 0.0602 e. The van der Waals surface area contributed by atoms with Crippen LogP contribution in [0.3, 0.4) is 0 Å². The van der Waals surface area contributed by atoms with Crippen LogP contribution in [0.1, 0.15) is 18.7 Å². The lowest BCUT2D eigenvalue weighted by molar-refractivity contribution is 1.50. The van der Waals surface area contributed by atoms with Crippen molar-refractivity contribution >= 4 is 54.2 Å². The van der Waals surface area contributed by atoms with Gasteiger partial charge < -0.3 is 11.5 Å². The average Bonchev–Trinajstić information content (AvgIpc) is 2.95. The van der Waals surface area contributed by atoms with Gasteiger partial charge in [-0.1, -0.05) is 13.8 Å². The summed E-state index contributed by atoms with van der Waals surface area (Å²) in [5.74, 6) is 0. The van der Waals surface area contributed by atoms with Crippen LogP contribution in [0.5, 0.6) is 0 Å². The molecule has 0 aliphatic heterocycles. The lowest BCUT2D eigenvalue weighted by atomic mass is 10.1. The number of anilines is 2. The zero-order valence-electron chi connectivity index (χ0n) is 10.2. The molecule has 2 aromatic heterocycles. The molecular weight excluding hydrogens is 248 g/mol. The highest BCUT2D eigenvalue weighted by atomic mass is 32.1. The van der Waals surface area contributed by atoms with Crippen LogP contribution in [0.15, 0.2) is 17.5 Å². The number of rotatable bonds is 0. The second-order valence-electron chi connectivity index (χ2n) is 3.59. The third-order valence-corrected chi connectivity index (χ3v) is 4.62. The average molecular weight is 264 g/mol. The largest absolute Gasteiger partial charge is 0.397 e. The molecule has 0 aliphatic carbocycles. The Labute approximate surface area is 109 Å². The summed E-state index contributed by atoms with van der Waals surface area (Å²) in [5, 5.41) is 4.23. The molecule has 1 aromatic carbocycles. The normalized spacial score (nSPS) is 10.5. The Kier molecular flexibility index (Phi) is 3.26. The van der Waals surface area contributed by atoms with E-state index in [1.807, 2.05) is 25.3 Å². The molecule has 0 fully saturated rings. The van der Waals surface area contributed by atoms with E-state index in [9.17, 15) is 0 Å². The van der Waals surface area contributed by atoms with Crippen molar-refractivity contribution in [1.82, 2.24) is 0 Å². The maximum Gasteiger partial charge on any atom is 0.0602 e. The molecule has 3 rings (SSSR count). The molecule has 4 N–H and O–H groups in total. The minimum Gasteiger partial charge on any atom is -0.397 e. The van der Waals surface area contributed by atoms with Crippen LogP contribution in [0.4, 0.5) is 11.4 Å². The highest BCUT2D eigenvalue weighted by Crippen LogP contribution is 2.42. The molecule has 0 aliphatic rings. The fraction of sp³-hybridized carbons (Fsp3) is 0.231. The second-order valence-corrected chi connectivity index (χ2v) is 5.76. The number of hydrogen-bond acceptors (Lipinski definition) is 4. The third-order valence-electron chi connectivity index (χ3n) is 2.59. The summed E-state index contributed by atoms with van der Waals surface area (Å²) in [6, 6.07) is 4.16. The van der Waals surface area contributed by atoms with E-state index in [0.29, 0.717) is 0 Å². The van der Waals surface area contributed by atoms with Crippen LogP contribution in [-0.4, -0.2) is 0 Å². The standard InChI is InChI=1S/C11H10N2S2.C2H6/c1-5-4-7-9(13)10-6(2-3-14-10)8(12)11(7)15-5;1-2/h2-4H,12-13H2,1H3;1-2H3. The Hall–Kier alpha value is -1.26. The Bertz CT molecular complexity index is 611. The fourth-order valence-corrected chi connectivity index (χ4v) is 3.77. The number of thiophene rings is 2. The van der Waals surface area contributed by atoms with E-state index in [2.05, 4.69) is 13.0 Å². The first-order valence-electron chi connectivity index (χ1n) is 5.62. The molecule has 90 valence electrons. The molecule has 17 heavy (non-hydrogen) atoms. The van der Waals surface area contributed by atoms with Gasteiger partial charge in [0.1, 0.15) is 0 Å². The van der Waals surface area contributed by atoms with Gasteiger partial charge in [0, 0.05) is 15.6 Å². The highest BCUT2D eigenvalue weighted by molar-refractivity contribution is 7.21. The van der Waals surface area contributed by atoms with E-state index >= 15 is 0 Å². The minimum atomic E-state index is 0.869. The van der Waals surface area contributed by atoms with Crippen molar-refractivity contribution in [3.05, 3.63) is 22.4 Å². The van der Waals surface area contributed by atoms with Crippen LogP contribution in [0.2, 0.25) is 0 Å². The number of aryl methyl sites for hydroxylation is 1. The highest BCUT2D eigenvalue weighted by Gasteiger charge is 2.12. The summed E-state index contributed by atoms with van der Waals surface area (Å²) in [5.41, 5.74) is 14.0. The zero-order chi connectivity index (χ0) is 12.6. The van der Waals surface area contributed by atoms with Crippen LogP contribution >= 0.6 is 22.7 Å². The predicted molar refractivity (Wildman–Crippen MR) is 82.1 cm³/mol. The summed E-state index contributed by atoms with van der Waals surface area (Å²) < 4.78 is 2.23. The van der Waals surface area contributed by atoms with Crippen LogP contribution in [-0.2, 0) is 0 Å². The molecule has 2 nitrogen and oxygen atoms in total. The summed E-state index contributed by atoms with van der Waals surface area (Å²) in [6.45, 7) is 6.08. The van der Waals surface area contributed by atoms with E-state index in [1.54, 1.807) is 22.7 Å². The first kappa shape index (κ1) is 12.2. The van der Waals surface area contributed by atoms with Gasteiger partial charge in [-0.15, -0.1) is 22.7 Å². The summed E-state index contributed by atoms with van der Waals surface area (Å²) in [7, 11) is 0. The second kappa shape index (κ2) is 4.55. The van der Waals surface area contributed by atoms with E-state index in [4.69, 9.17) is 11.5 Å². The molecular formula is C13H16N2S2. The molecule has 0 saturated carbocycles. The van der Waals surface area contributed by atoms with E-state index < -0.39 is 0 Å². The van der Waals surface area contributed by atoms with Crippen molar-refractivity contribution in [2.75, 3.05) is 11.5 Å². The third kappa shape index (κ3) is 1.77. The number of benzene rings is 1. The van der Waals surface area contributed by atoms with Gasteiger partial charge in [-0.2, -0.15) is 0 Å². The number of nitrogens with two attached hydrogens (primary N) is 2. The lowest BCUT2D eigenvalue weighted by Gasteiger charge is -2.03. The number of nitrogen functional groups attached to an aromatic ring is 2. The van der Waals surface area contributed by atoms with Gasteiger partial charge in [-0.05, 0) is 24.4 Å². The van der Waals surface area contributed by atoms with E-state index in [1.165, 1.54) is 4.88 Å². The van der Waals surface area contributed by atoms with Gasteiger partial charge in [0.25, 0.3) is 0 Å². The van der Waals surface area contributed by atoms with E-state index in [0.717, 1.165) is 31.5 Å². The maximum atomic E-state index is 6.14. The molecule has 0 saturated heterocycles. The quantitative estimate of drug-likeness (QED) is 0.460. The Morgan fingerprint density at radius 2 is 1.65 bits per heavy atom. The Morgan fingerprint density at radius 3 is 2.35 bits per heavy atom. The number of hydrogen-bond donors (Lipinski definition) is 2. The Balaban J connectivity index is 0.000000514. The summed E-state index contributed by atoms with van der Waals surface area (Å²) in [6.07, 6.45) is 0. The van der Waals surface area contributed by atoms with Gasteiger partial charge in [0.05, 0.1) is 20.8 Å². The van der Waals surface area contributed by atoms with Crippen molar-refractivity contribution in [1.29, 1.82) is 0 Å². The fourth-order valence-electron chi connectivity index (χ4n) is 1.89. The topological polar surface area (TPSA) is 52.0 Å². The van der Waals surface area contributed by atoms with Crippen molar-refractivity contribution in [3.63, 3.8) is 0 Å². The molecule has 0 atom stereocenters. The number of fused-ring (bicyclic) bond motifs is 2. The van der Waals surface area contributed by atoms with E-state index in [-0.39, 0.29) is 0 Å². The van der Waals surface area contributed by atoms with Gasteiger partial charge in [-0.3, -0.25) is 0 Å². The first-order chi connectivity index (χ1) is 8.18. The maximum absolute atomic E-state index is 6.14. The van der Waals surface area contributed by atoms with Crippen molar-refractivity contribution in [3.8, 4) is 0 Å². The zero-order valence-corrected chi connectivity index (χ0v) is 11.8. The molecule has 0 bridgehead atoms. The van der Waals surface area contributed by atoms with Gasteiger partial charge in [0.15, 0.2) is 0 Å². The van der Waals surface area contributed by atoms with Crippen LogP contribution in [0.25, 0.3) is 20.2 Å². The summed E-state index contributed by atoms with van der Waals surface area (Å²) >= 11 is 3.36. The molecule has 2 heterocycles. The lowest BCUT2D eigenvalue weighted by Crippen LogP contribution is -1.90. The van der Waals surface area contributed by atoms with Crippen molar-refractivity contribution in [2.24, 2.45) is 0 Å². The predicted octanol–water partition coefficient (Wildman–Crippen LogP) is 4.62. The molecule has 0 spiro atoms. The molecule has 0 unspecified atom stereocenters. The van der Waals surface area contributed by atoms with Crippen molar-refractivity contribution < 1.29 is 0 Å². The SMILES string of the molecule is CC.Cc1cc2c(N)c3sccc3c(N)c2s1. The minimum absolute atomic E-state index is 0.869. The molecule has 0 radical (unpaired) electrons. The van der Waals surface area contributed by atoms with Gasteiger partial charge in [0.2, 0.25) is 0 Å². The Morgan fingerprint density at radius 1 is 1.00 bits per heavy atom. The van der Waals surface area contributed by atoms with Gasteiger partial charge in [-0.25, -0.2) is 0 Å². The molecule has 3 aromatic rings. The summed E-state index contributed by atoms with van der Waals surface area (Å²) in [4.78, 5) is 1.25. The van der Waals surface area contributed by atoms with Crippen molar-refractivity contribution in [2.45, 2.75) is 20.8 Å². The monoisotopic (exact) mass is 264 g/mol. The molecule has 0 amide bonds. The first-order valence-corrected chi connectivity index (χ1v) is 7.32. The van der Waals surface area contributed by atoms with Gasteiger partial charge >= 0.3 is 0 Å².